The van der Waals surface area contributed by atoms with Gasteiger partial charge in [0, 0.05) is 10.6 Å². The van der Waals surface area contributed by atoms with E-state index < -0.39 is 11.9 Å². The Kier molecular flexibility index (Phi) is 7.36. The lowest BCUT2D eigenvalue weighted by Gasteiger charge is -2.16. The number of nitrogens with one attached hydrogen (secondary N) is 1. The zero-order chi connectivity index (χ0) is 26.5. The quantitative estimate of drug-likeness (QED) is 0.222. The number of hydrogen-bond donors (Lipinski definition) is 2. The highest BCUT2D eigenvalue weighted by molar-refractivity contribution is 6.13. The molecule has 3 aromatic rings. The van der Waals surface area contributed by atoms with E-state index in [4.69, 9.17) is 14.2 Å². The number of phenolic OH excluding ortho intramolecular Hbond substituents is 1. The number of phenols is 1. The molecule has 0 saturated carbocycles. The second kappa shape index (κ2) is 10.8. The van der Waals surface area contributed by atoms with Crippen LogP contribution in [0.4, 0.5) is 5.69 Å². The first kappa shape index (κ1) is 25.2. The average molecular weight is 499 g/mol. The number of aromatic hydroxyl groups is 1. The van der Waals surface area contributed by atoms with Crippen LogP contribution in [0.25, 0.3) is 27.7 Å². The maximum Gasteiger partial charge on any atom is 0.237 e. The third-order valence-corrected chi connectivity index (χ3v) is 6.16. The van der Waals surface area contributed by atoms with Crippen molar-refractivity contribution in [3.63, 3.8) is 0 Å². The lowest BCUT2D eigenvalue weighted by molar-refractivity contribution is -0.116. The van der Waals surface area contributed by atoms with Crippen LogP contribution in [-0.4, -0.2) is 38.4 Å². The Morgan fingerprint density at radius 1 is 1.00 bits per heavy atom. The van der Waals surface area contributed by atoms with Crippen molar-refractivity contribution in [1.82, 2.24) is 0 Å². The van der Waals surface area contributed by atoms with Gasteiger partial charge in [0.05, 0.1) is 21.3 Å². The van der Waals surface area contributed by atoms with Crippen LogP contribution in [0.3, 0.4) is 0 Å². The summed E-state index contributed by atoms with van der Waals surface area (Å²) in [5, 5.41) is 17.0. The van der Waals surface area contributed by atoms with Crippen molar-refractivity contribution < 1.29 is 24.1 Å². The summed E-state index contributed by atoms with van der Waals surface area (Å²) in [5.74, 6) is 0.561. The fourth-order valence-corrected chi connectivity index (χ4v) is 4.38. The van der Waals surface area contributed by atoms with Crippen LogP contribution in [0.2, 0.25) is 0 Å². The summed E-state index contributed by atoms with van der Waals surface area (Å²) in [6.07, 6.45) is 1.90. The number of carbonyl (C=O) groups excluding carboxylic acids is 1. The molecule has 1 aliphatic rings. The molecule has 188 valence electrons. The minimum absolute atomic E-state index is 0.0994. The van der Waals surface area contributed by atoms with Gasteiger partial charge in [-0.05, 0) is 88.3 Å². The second-order valence-electron chi connectivity index (χ2n) is 8.24. The molecule has 0 heterocycles. The molecular formula is C28H26N4O5. The van der Waals surface area contributed by atoms with E-state index in [0.29, 0.717) is 22.6 Å². The lowest BCUT2D eigenvalue weighted by Crippen LogP contribution is -2.27. The molecular weight excluding hydrogens is 472 g/mol. The SMILES string of the molecule is COc1ccc2c(c1)C(C(N=[N+]=[N-])C(=O)Nc1ccccc1)=C(C)/C2=C/c1cc(OC)c(O)c(OC)c1. The summed E-state index contributed by atoms with van der Waals surface area (Å²) in [4.78, 5) is 16.3. The number of methoxy groups -OCH3 is 3. The Hall–Kier alpha value is -4.88. The molecule has 2 N–H and O–H groups in total. The predicted octanol–water partition coefficient (Wildman–Crippen LogP) is 6.06. The number of ether oxygens (including phenoxy) is 3. The number of para-hydroxylation sites is 1. The van der Waals surface area contributed by atoms with Gasteiger partial charge < -0.3 is 24.6 Å². The number of allylic oxidation sites excluding steroid dienone is 2. The molecule has 0 radical (unpaired) electrons. The smallest absolute Gasteiger partial charge is 0.237 e. The molecule has 0 spiro atoms. The molecule has 3 aromatic carbocycles. The van der Waals surface area contributed by atoms with Crippen LogP contribution < -0.4 is 19.5 Å². The number of benzene rings is 3. The average Bonchev–Trinajstić information content (AvgIpc) is 3.18. The van der Waals surface area contributed by atoms with Crippen molar-refractivity contribution in [2.45, 2.75) is 13.0 Å². The van der Waals surface area contributed by atoms with E-state index in [1.807, 2.05) is 37.3 Å². The third-order valence-electron chi connectivity index (χ3n) is 6.16. The summed E-state index contributed by atoms with van der Waals surface area (Å²) < 4.78 is 16.0. The summed E-state index contributed by atoms with van der Waals surface area (Å²) in [7, 11) is 4.48. The minimum Gasteiger partial charge on any atom is -0.502 e. The van der Waals surface area contributed by atoms with Crippen molar-refractivity contribution in [3.05, 3.63) is 93.4 Å². The third kappa shape index (κ3) is 4.94. The standard InChI is InChI=1S/C28H26N4O5/c1-16-21(12-17-13-23(36-3)27(33)24(14-17)37-4)20-11-10-19(35-2)15-22(20)25(16)26(31-32-29)28(34)30-18-8-6-5-7-9-18/h5-15,26,33H,1-4H3,(H,30,34)/b21-12-. The van der Waals surface area contributed by atoms with E-state index in [1.54, 1.807) is 43.5 Å². The number of hydrogen-bond acceptors (Lipinski definition) is 6. The maximum atomic E-state index is 13.3. The molecule has 1 amide bonds. The van der Waals surface area contributed by atoms with E-state index in [0.717, 1.165) is 22.3 Å². The van der Waals surface area contributed by atoms with Gasteiger partial charge >= 0.3 is 0 Å². The summed E-state index contributed by atoms with van der Waals surface area (Å²) in [6.45, 7) is 1.87. The zero-order valence-electron chi connectivity index (χ0n) is 20.9. The fraction of sp³-hybridized carbons (Fsp3) is 0.179. The Bertz CT molecular complexity index is 1430. The highest BCUT2D eigenvalue weighted by Gasteiger charge is 2.33. The highest BCUT2D eigenvalue weighted by Crippen LogP contribution is 2.47. The fourth-order valence-electron chi connectivity index (χ4n) is 4.38. The zero-order valence-corrected chi connectivity index (χ0v) is 20.9. The van der Waals surface area contributed by atoms with Crippen molar-refractivity contribution in [1.29, 1.82) is 0 Å². The molecule has 37 heavy (non-hydrogen) atoms. The van der Waals surface area contributed by atoms with Gasteiger partial charge in [-0.2, -0.15) is 0 Å². The summed E-state index contributed by atoms with van der Waals surface area (Å²) in [5.41, 5.74) is 14.4. The Morgan fingerprint density at radius 2 is 1.68 bits per heavy atom. The van der Waals surface area contributed by atoms with Crippen molar-refractivity contribution in [2.75, 3.05) is 26.6 Å². The molecule has 4 rings (SSSR count). The van der Waals surface area contributed by atoms with Crippen molar-refractivity contribution >= 4 is 28.8 Å². The molecule has 0 fully saturated rings. The first-order valence-electron chi connectivity index (χ1n) is 11.4. The maximum absolute atomic E-state index is 13.3. The first-order valence-corrected chi connectivity index (χ1v) is 11.4. The molecule has 9 nitrogen and oxygen atoms in total. The number of anilines is 1. The Balaban J connectivity index is 1.88. The Morgan fingerprint density at radius 3 is 2.27 bits per heavy atom. The van der Waals surface area contributed by atoms with Gasteiger partial charge in [0.2, 0.25) is 11.7 Å². The van der Waals surface area contributed by atoms with E-state index in [2.05, 4.69) is 15.3 Å². The van der Waals surface area contributed by atoms with Gasteiger partial charge in [-0.25, -0.2) is 0 Å². The van der Waals surface area contributed by atoms with E-state index in [9.17, 15) is 15.4 Å². The number of fused-ring (bicyclic) bond motifs is 1. The predicted molar refractivity (Wildman–Crippen MR) is 143 cm³/mol. The molecule has 0 aliphatic heterocycles. The van der Waals surface area contributed by atoms with Crippen LogP contribution >= 0.6 is 0 Å². The summed E-state index contributed by atoms with van der Waals surface area (Å²) >= 11 is 0. The molecule has 1 aliphatic carbocycles. The number of nitrogens with zero attached hydrogens (tertiary/aromatic N) is 3. The van der Waals surface area contributed by atoms with Crippen molar-refractivity contribution in [3.8, 4) is 23.0 Å². The van der Waals surface area contributed by atoms with Crippen LogP contribution in [-0.2, 0) is 4.79 Å². The van der Waals surface area contributed by atoms with Gasteiger partial charge in [-0.15, -0.1) is 0 Å². The van der Waals surface area contributed by atoms with E-state index in [1.165, 1.54) is 14.2 Å². The molecule has 0 aromatic heterocycles. The van der Waals surface area contributed by atoms with Crippen molar-refractivity contribution in [2.24, 2.45) is 5.11 Å². The Labute approximate surface area is 214 Å². The van der Waals surface area contributed by atoms with Crippen LogP contribution in [0.5, 0.6) is 23.0 Å². The number of rotatable bonds is 8. The molecule has 9 heteroatoms. The largest absolute Gasteiger partial charge is 0.502 e. The van der Waals surface area contributed by atoms with Gasteiger partial charge in [0.15, 0.2) is 11.5 Å². The van der Waals surface area contributed by atoms with Gasteiger partial charge in [0.25, 0.3) is 0 Å². The summed E-state index contributed by atoms with van der Waals surface area (Å²) in [6, 6.07) is 16.8. The van der Waals surface area contributed by atoms with Gasteiger partial charge in [-0.1, -0.05) is 29.4 Å². The minimum atomic E-state index is -1.13. The molecule has 1 unspecified atom stereocenters. The lowest BCUT2D eigenvalue weighted by atomic mass is 9.97. The van der Waals surface area contributed by atoms with Gasteiger partial charge in [0.1, 0.15) is 11.8 Å². The highest BCUT2D eigenvalue weighted by atomic mass is 16.5. The van der Waals surface area contributed by atoms with Crippen LogP contribution in [0.1, 0.15) is 23.6 Å². The topological polar surface area (TPSA) is 126 Å². The monoisotopic (exact) mass is 498 g/mol. The molecule has 0 bridgehead atoms. The number of carbonyl (C=O) groups is 1. The molecule has 1 atom stereocenters. The van der Waals surface area contributed by atoms with Gasteiger partial charge in [-0.3, -0.25) is 4.79 Å². The number of azide groups is 1. The van der Waals surface area contributed by atoms with E-state index >= 15 is 0 Å². The van der Waals surface area contributed by atoms with E-state index in [-0.39, 0.29) is 17.2 Å². The molecule has 0 saturated heterocycles. The second-order valence-corrected chi connectivity index (χ2v) is 8.24. The first-order chi connectivity index (χ1) is 17.9. The number of amides is 1. The van der Waals surface area contributed by atoms with Crippen LogP contribution in [0.15, 0.2) is 71.4 Å². The van der Waals surface area contributed by atoms with Crippen LogP contribution in [0, 0.1) is 0 Å². The normalized spacial score (nSPS) is 14.0.